The minimum Gasteiger partial charge on any atom is -0.388 e. The molecule has 2 heterocycles. The number of nitrogens with zero attached hydrogens (tertiary/aromatic N) is 4. The number of aliphatic hydroxyl groups is 1. The van der Waals surface area contributed by atoms with Gasteiger partial charge in [0.2, 0.25) is 0 Å². The van der Waals surface area contributed by atoms with Crippen molar-refractivity contribution >= 4 is 11.6 Å². The van der Waals surface area contributed by atoms with Gasteiger partial charge in [-0.1, -0.05) is 23.7 Å². The van der Waals surface area contributed by atoms with E-state index in [4.69, 9.17) is 11.6 Å². The van der Waals surface area contributed by atoms with Gasteiger partial charge in [0.15, 0.2) is 0 Å². The monoisotopic (exact) mass is 292 g/mol. The van der Waals surface area contributed by atoms with Crippen LogP contribution in [-0.4, -0.2) is 37.9 Å². The van der Waals surface area contributed by atoms with Crippen molar-refractivity contribution in [3.05, 3.63) is 47.0 Å². The fraction of sp³-hybridized carbons (Fsp3) is 0.429. The molecule has 0 amide bonds. The van der Waals surface area contributed by atoms with Gasteiger partial charge in [-0.25, -0.2) is 0 Å². The molecule has 3 rings (SSSR count). The van der Waals surface area contributed by atoms with Gasteiger partial charge in [0.05, 0.1) is 12.6 Å². The normalized spacial score (nSPS) is 16.9. The first kappa shape index (κ1) is 13.5. The lowest BCUT2D eigenvalue weighted by atomic mass is 10.1. The Balaban J connectivity index is 1.54. The molecule has 5 nitrogen and oxygen atoms in total. The molecule has 1 atom stereocenters. The average Bonchev–Trinajstić information content (AvgIpc) is 2.93. The number of rotatable bonds is 4. The predicted octanol–water partition coefficient (Wildman–Crippen LogP) is 1.87. The van der Waals surface area contributed by atoms with Crippen LogP contribution in [0.1, 0.15) is 23.9 Å². The Labute approximate surface area is 122 Å². The van der Waals surface area contributed by atoms with Crippen molar-refractivity contribution in [1.82, 2.24) is 19.7 Å². The number of halogens is 1. The molecule has 0 spiro atoms. The number of aliphatic hydroxyl groups excluding tert-OH is 1. The number of aromatic nitrogens is 3. The average molecular weight is 293 g/mol. The third-order valence-electron chi connectivity index (χ3n) is 3.69. The number of fused-ring (bicyclic) bond motifs is 1. The third-order valence-corrected chi connectivity index (χ3v) is 3.94. The molecule has 1 aromatic heterocycles. The van der Waals surface area contributed by atoms with Crippen molar-refractivity contribution in [3.8, 4) is 0 Å². The summed E-state index contributed by atoms with van der Waals surface area (Å²) in [5.41, 5.74) is 0.912. The van der Waals surface area contributed by atoms with Crippen LogP contribution in [0.4, 0.5) is 0 Å². The van der Waals surface area contributed by atoms with Crippen molar-refractivity contribution in [2.45, 2.75) is 25.6 Å². The Hall–Kier alpha value is -1.43. The molecule has 1 aliphatic rings. The van der Waals surface area contributed by atoms with Crippen LogP contribution in [0.2, 0.25) is 5.02 Å². The summed E-state index contributed by atoms with van der Waals surface area (Å²) in [6.45, 7) is 3.53. The largest absolute Gasteiger partial charge is 0.388 e. The quantitative estimate of drug-likeness (QED) is 0.935. The number of benzene rings is 1. The Kier molecular flexibility index (Phi) is 4.00. The molecule has 106 valence electrons. The van der Waals surface area contributed by atoms with Gasteiger partial charge in [-0.05, 0) is 24.1 Å². The topological polar surface area (TPSA) is 54.2 Å². The molecule has 2 aromatic rings. The first-order chi connectivity index (χ1) is 9.72. The Morgan fingerprint density at radius 1 is 1.25 bits per heavy atom. The minimum absolute atomic E-state index is 0.452. The molecule has 0 fully saturated rings. The summed E-state index contributed by atoms with van der Waals surface area (Å²) in [4.78, 5) is 2.29. The Morgan fingerprint density at radius 3 is 2.85 bits per heavy atom. The smallest absolute Gasteiger partial charge is 0.147 e. The van der Waals surface area contributed by atoms with Crippen molar-refractivity contribution in [3.63, 3.8) is 0 Å². The summed E-state index contributed by atoms with van der Waals surface area (Å²) in [6.07, 6.45) is 2.03. The molecule has 0 bridgehead atoms. The van der Waals surface area contributed by atoms with Gasteiger partial charge in [-0.3, -0.25) is 4.90 Å². The molecule has 6 heteroatoms. The van der Waals surface area contributed by atoms with E-state index in [-0.39, 0.29) is 0 Å². The van der Waals surface area contributed by atoms with Crippen LogP contribution < -0.4 is 0 Å². The first-order valence-corrected chi connectivity index (χ1v) is 7.13. The Bertz CT molecular complexity index is 569. The summed E-state index contributed by atoms with van der Waals surface area (Å²) in [5, 5.41) is 18.9. The highest BCUT2D eigenvalue weighted by molar-refractivity contribution is 6.30. The van der Waals surface area contributed by atoms with Crippen LogP contribution in [0.15, 0.2) is 30.6 Å². The Morgan fingerprint density at radius 2 is 2.05 bits per heavy atom. The van der Waals surface area contributed by atoms with E-state index in [0.717, 1.165) is 37.6 Å². The first-order valence-electron chi connectivity index (χ1n) is 6.75. The van der Waals surface area contributed by atoms with Crippen LogP contribution in [-0.2, 0) is 13.1 Å². The lowest BCUT2D eigenvalue weighted by Crippen LogP contribution is -2.34. The van der Waals surface area contributed by atoms with E-state index in [0.29, 0.717) is 11.4 Å². The zero-order chi connectivity index (χ0) is 13.9. The molecular formula is C14H17ClN4O. The van der Waals surface area contributed by atoms with Gasteiger partial charge >= 0.3 is 0 Å². The maximum absolute atomic E-state index is 10.2. The predicted molar refractivity (Wildman–Crippen MR) is 76.3 cm³/mol. The fourth-order valence-corrected chi connectivity index (χ4v) is 2.59. The van der Waals surface area contributed by atoms with Crippen LogP contribution >= 0.6 is 11.6 Å². The van der Waals surface area contributed by atoms with Gasteiger partial charge in [0, 0.05) is 24.7 Å². The standard InChI is InChI=1S/C14H17ClN4O/c15-12-3-1-11(2-4-12)13(20)5-6-18-7-8-19-10-16-17-14(19)9-18/h1-4,10,13,20H,5-9H2. The van der Waals surface area contributed by atoms with Crippen LogP contribution in [0.3, 0.4) is 0 Å². The van der Waals surface area contributed by atoms with Gasteiger partial charge in [0.25, 0.3) is 0 Å². The molecule has 1 unspecified atom stereocenters. The molecule has 0 aliphatic carbocycles. The van der Waals surface area contributed by atoms with E-state index in [9.17, 15) is 5.11 Å². The second-order valence-corrected chi connectivity index (χ2v) is 5.51. The molecule has 1 N–H and O–H groups in total. The summed E-state index contributed by atoms with van der Waals surface area (Å²) < 4.78 is 2.08. The highest BCUT2D eigenvalue weighted by atomic mass is 35.5. The van der Waals surface area contributed by atoms with Gasteiger partial charge in [-0.2, -0.15) is 0 Å². The number of hydrogen-bond donors (Lipinski definition) is 1. The summed E-state index contributed by atoms with van der Waals surface area (Å²) >= 11 is 5.85. The van der Waals surface area contributed by atoms with E-state index in [2.05, 4.69) is 19.7 Å². The van der Waals surface area contributed by atoms with Gasteiger partial charge < -0.3 is 9.67 Å². The van der Waals surface area contributed by atoms with Crippen LogP contribution in [0, 0.1) is 0 Å². The molecule has 0 saturated heterocycles. The third kappa shape index (κ3) is 3.00. The van der Waals surface area contributed by atoms with Gasteiger partial charge in [0.1, 0.15) is 12.2 Å². The van der Waals surface area contributed by atoms with E-state index in [1.807, 2.05) is 24.3 Å². The van der Waals surface area contributed by atoms with Crippen molar-refractivity contribution in [2.75, 3.05) is 13.1 Å². The second-order valence-electron chi connectivity index (χ2n) is 5.07. The van der Waals surface area contributed by atoms with E-state index < -0.39 is 6.10 Å². The van der Waals surface area contributed by atoms with E-state index in [1.165, 1.54) is 0 Å². The zero-order valence-corrected chi connectivity index (χ0v) is 11.9. The molecule has 0 saturated carbocycles. The molecular weight excluding hydrogens is 276 g/mol. The second kappa shape index (κ2) is 5.91. The molecule has 0 radical (unpaired) electrons. The van der Waals surface area contributed by atoms with Crippen molar-refractivity contribution < 1.29 is 5.11 Å². The summed E-state index contributed by atoms with van der Waals surface area (Å²) in [7, 11) is 0. The van der Waals surface area contributed by atoms with Crippen LogP contribution in [0.5, 0.6) is 0 Å². The lowest BCUT2D eigenvalue weighted by Gasteiger charge is -2.27. The van der Waals surface area contributed by atoms with Crippen LogP contribution in [0.25, 0.3) is 0 Å². The maximum atomic E-state index is 10.2. The van der Waals surface area contributed by atoms with Crippen molar-refractivity contribution in [1.29, 1.82) is 0 Å². The summed E-state index contributed by atoms with van der Waals surface area (Å²) in [5.74, 6) is 0.997. The molecule has 20 heavy (non-hydrogen) atoms. The minimum atomic E-state index is -0.452. The zero-order valence-electron chi connectivity index (χ0n) is 11.1. The lowest BCUT2D eigenvalue weighted by molar-refractivity contribution is 0.130. The maximum Gasteiger partial charge on any atom is 0.147 e. The highest BCUT2D eigenvalue weighted by Gasteiger charge is 2.18. The molecule has 1 aromatic carbocycles. The van der Waals surface area contributed by atoms with Crippen molar-refractivity contribution in [2.24, 2.45) is 0 Å². The fourth-order valence-electron chi connectivity index (χ4n) is 2.46. The highest BCUT2D eigenvalue weighted by Crippen LogP contribution is 2.20. The summed E-state index contributed by atoms with van der Waals surface area (Å²) in [6, 6.07) is 7.37. The van der Waals surface area contributed by atoms with Gasteiger partial charge in [-0.15, -0.1) is 10.2 Å². The van der Waals surface area contributed by atoms with E-state index >= 15 is 0 Å². The number of hydrogen-bond acceptors (Lipinski definition) is 4. The molecule has 1 aliphatic heterocycles. The van der Waals surface area contributed by atoms with E-state index in [1.54, 1.807) is 6.33 Å². The SMILES string of the molecule is OC(CCN1CCn2cnnc2C1)c1ccc(Cl)cc1.